The molecular weight excluding hydrogens is 817 g/mol. The third-order valence-corrected chi connectivity index (χ3v) is 15.2. The molecule has 0 unspecified atom stereocenters. The number of benzene rings is 1. The fourth-order valence-corrected chi connectivity index (χ4v) is 10.9. The van der Waals surface area contributed by atoms with Gasteiger partial charge in [0.2, 0.25) is 27.7 Å². The molecule has 5 heterocycles. The second kappa shape index (κ2) is 18.4. The van der Waals surface area contributed by atoms with E-state index in [2.05, 4.69) is 28.0 Å². The zero-order chi connectivity index (χ0) is 43.6. The summed E-state index contributed by atoms with van der Waals surface area (Å²) in [6.07, 6.45) is 13.3. The molecule has 7 aliphatic rings. The summed E-state index contributed by atoms with van der Waals surface area (Å²) in [6.45, 7) is 7.59. The lowest BCUT2D eigenvalue weighted by molar-refractivity contribution is -0.142. The number of carbonyl (C=O) groups is 4. The first-order valence-corrected chi connectivity index (χ1v) is 23.9. The van der Waals surface area contributed by atoms with Gasteiger partial charge in [0.05, 0.1) is 37.1 Å². The smallest absolute Gasteiger partial charge is 0.318 e. The van der Waals surface area contributed by atoms with Gasteiger partial charge in [-0.15, -0.1) is 6.58 Å². The van der Waals surface area contributed by atoms with Gasteiger partial charge in [-0.1, -0.05) is 37.5 Å². The lowest BCUT2D eigenvalue weighted by Gasteiger charge is -2.37. The summed E-state index contributed by atoms with van der Waals surface area (Å²) in [6, 6.07) is 3.10. The summed E-state index contributed by atoms with van der Waals surface area (Å²) in [5.41, 5.74) is -0.183. The van der Waals surface area contributed by atoms with E-state index in [0.717, 1.165) is 50.5 Å². The van der Waals surface area contributed by atoms with Crippen molar-refractivity contribution in [1.29, 1.82) is 0 Å². The first kappa shape index (κ1) is 43.7. The number of nitrogens with one attached hydrogen (secondary N) is 3. The van der Waals surface area contributed by atoms with Crippen LogP contribution in [0.1, 0.15) is 96.0 Å². The predicted molar refractivity (Wildman–Crippen MR) is 231 cm³/mol. The Morgan fingerprint density at radius 2 is 1.82 bits per heavy atom. The van der Waals surface area contributed by atoms with Gasteiger partial charge in [0.15, 0.2) is 0 Å². The molecule has 3 saturated carbocycles. The molecule has 3 N–H and O–H groups in total. The zero-order valence-electron chi connectivity index (χ0n) is 35.8. The van der Waals surface area contributed by atoms with E-state index < -0.39 is 62.6 Å². The van der Waals surface area contributed by atoms with Crippen molar-refractivity contribution in [1.82, 2.24) is 30.1 Å². The number of hydrogen-bond acceptors (Lipinski definition) is 11. The molecule has 16 nitrogen and oxygen atoms in total. The Labute approximate surface area is 363 Å². The number of pyridine rings is 1. The molecule has 4 aliphatic heterocycles. The molecule has 0 radical (unpaired) electrons. The number of hydrogen-bond donors (Lipinski definition) is 3. The van der Waals surface area contributed by atoms with Crippen molar-refractivity contribution in [3.05, 3.63) is 42.5 Å². The van der Waals surface area contributed by atoms with Crippen LogP contribution in [0, 0.1) is 11.8 Å². The molecule has 17 heteroatoms. The normalized spacial score (nSPS) is 28.6. The van der Waals surface area contributed by atoms with E-state index in [0.29, 0.717) is 80.3 Å². The van der Waals surface area contributed by atoms with Gasteiger partial charge >= 0.3 is 6.03 Å². The molecule has 6 bridgehead atoms. The third-order valence-electron chi connectivity index (χ3n) is 13.3. The van der Waals surface area contributed by atoms with Crippen LogP contribution in [0.15, 0.2) is 36.9 Å². The number of allylic oxidation sites excluding steroid dienone is 1. The lowest BCUT2D eigenvalue weighted by atomic mass is 9.83. The van der Waals surface area contributed by atoms with Gasteiger partial charge in [-0.3, -0.25) is 19.1 Å². The molecule has 3 aliphatic carbocycles. The lowest BCUT2D eigenvalue weighted by Crippen LogP contribution is -2.60. The summed E-state index contributed by atoms with van der Waals surface area (Å²) in [4.78, 5) is 65.6. The van der Waals surface area contributed by atoms with Gasteiger partial charge in [-0.2, -0.15) is 0 Å². The minimum absolute atomic E-state index is 0.00438. The van der Waals surface area contributed by atoms with Crippen LogP contribution < -0.4 is 29.6 Å². The quantitative estimate of drug-likeness (QED) is 0.283. The van der Waals surface area contributed by atoms with Crippen LogP contribution in [-0.2, 0) is 29.1 Å². The van der Waals surface area contributed by atoms with Gasteiger partial charge in [-0.25, -0.2) is 18.2 Å². The van der Waals surface area contributed by atoms with Gasteiger partial charge < -0.3 is 39.4 Å². The first-order valence-electron chi connectivity index (χ1n) is 22.4. The average molecular weight is 877 g/mol. The monoisotopic (exact) mass is 876 g/mol. The second-order valence-corrected chi connectivity index (χ2v) is 19.6. The number of nitrogens with zero attached hydrogens (tertiary/aromatic N) is 3. The van der Waals surface area contributed by atoms with E-state index >= 15 is 4.79 Å². The second-order valence-electron chi connectivity index (χ2n) is 17.6. The van der Waals surface area contributed by atoms with E-state index in [-0.39, 0.29) is 37.4 Å². The van der Waals surface area contributed by atoms with Gasteiger partial charge in [-0.05, 0) is 76.7 Å². The molecule has 2 aromatic rings. The number of aromatic nitrogens is 1. The molecule has 2 saturated heterocycles. The molecule has 1 aromatic carbocycles. The largest absolute Gasteiger partial charge is 0.496 e. The molecule has 0 spiro atoms. The number of urea groups is 1. The van der Waals surface area contributed by atoms with Crippen LogP contribution in [0.4, 0.5) is 4.79 Å². The fourth-order valence-electron chi connectivity index (χ4n) is 9.56. The highest BCUT2D eigenvalue weighted by atomic mass is 32.2. The minimum atomic E-state index is -3.92. The Morgan fingerprint density at radius 3 is 2.52 bits per heavy atom. The number of fused-ring (bicyclic) bond motifs is 9. The van der Waals surface area contributed by atoms with E-state index in [1.807, 2.05) is 25.1 Å². The molecule has 5 atom stereocenters. The van der Waals surface area contributed by atoms with Gasteiger partial charge in [0.25, 0.3) is 5.91 Å². The van der Waals surface area contributed by atoms with E-state index in [1.165, 1.54) is 11.0 Å². The number of carbonyl (C=O) groups excluding carboxylic acids is 4. The summed E-state index contributed by atoms with van der Waals surface area (Å²) in [5, 5.41) is 6.04. The molecule has 9 rings (SSSR count). The first-order chi connectivity index (χ1) is 29.9. The van der Waals surface area contributed by atoms with Gasteiger partial charge in [0.1, 0.15) is 35.2 Å². The Morgan fingerprint density at radius 1 is 1.05 bits per heavy atom. The molecule has 5 fully saturated rings. The summed E-state index contributed by atoms with van der Waals surface area (Å²) < 4.78 is 52.7. The number of rotatable bonds is 10. The van der Waals surface area contributed by atoms with Crippen molar-refractivity contribution in [2.75, 3.05) is 40.0 Å². The number of ether oxygens (including phenoxy) is 4. The summed E-state index contributed by atoms with van der Waals surface area (Å²) in [7, 11) is -2.31. The molecule has 62 heavy (non-hydrogen) atoms. The highest BCUT2D eigenvalue weighted by Crippen LogP contribution is 2.46. The van der Waals surface area contributed by atoms with Crippen LogP contribution in [0.5, 0.6) is 17.4 Å². The number of piperidine rings is 1. The number of sulfonamides is 1. The van der Waals surface area contributed by atoms with Crippen molar-refractivity contribution in [3.63, 3.8) is 0 Å². The van der Waals surface area contributed by atoms with Crippen LogP contribution in [0.3, 0.4) is 0 Å². The van der Waals surface area contributed by atoms with Crippen molar-refractivity contribution in [2.24, 2.45) is 11.8 Å². The fraction of sp³-hybridized carbons (Fsp3) is 0.622. The zero-order valence-corrected chi connectivity index (χ0v) is 36.6. The van der Waals surface area contributed by atoms with E-state index in [9.17, 15) is 22.8 Å². The van der Waals surface area contributed by atoms with Crippen molar-refractivity contribution in [2.45, 2.75) is 125 Å². The minimum Gasteiger partial charge on any atom is -0.496 e. The SMILES string of the molecule is C=C[C@@H]1C[C@]1(NC(=O)[C@@H]1C[C@@H]2CN1C(=O)[C@H](C1CCCCC1)NC(=O)N1CCC(CC1)OCCCC=Cc1cc3c(cc(OCC)nc3cc1OC)O2)C(=O)NS(=O)(=O)C1CC1. The third kappa shape index (κ3) is 9.38. The highest BCUT2D eigenvalue weighted by Gasteiger charge is 2.62. The Kier molecular flexibility index (Phi) is 13.0. The van der Waals surface area contributed by atoms with Crippen molar-refractivity contribution >= 4 is 50.8 Å². The van der Waals surface area contributed by atoms with E-state index in [1.54, 1.807) is 18.1 Å². The molecule has 5 amide bonds. The van der Waals surface area contributed by atoms with Crippen molar-refractivity contribution < 1.29 is 46.5 Å². The maximum Gasteiger partial charge on any atom is 0.318 e. The van der Waals surface area contributed by atoms with Crippen LogP contribution in [0.2, 0.25) is 0 Å². The molecule has 1 aromatic heterocycles. The van der Waals surface area contributed by atoms with E-state index in [4.69, 9.17) is 23.9 Å². The molecular formula is C45H60N6O10S. The van der Waals surface area contributed by atoms with Crippen LogP contribution in [-0.4, -0.2) is 122 Å². The average Bonchev–Trinajstić information content (AvgIpc) is 4.20. The maximum absolute atomic E-state index is 15.2. The summed E-state index contributed by atoms with van der Waals surface area (Å²) in [5.74, 6) is -1.17. The van der Waals surface area contributed by atoms with Crippen molar-refractivity contribution in [3.8, 4) is 17.4 Å². The molecule has 336 valence electrons. The number of amides is 5. The Balaban J connectivity index is 1.16. The Bertz CT molecular complexity index is 2180. The van der Waals surface area contributed by atoms with Crippen LogP contribution in [0.25, 0.3) is 17.0 Å². The topological polar surface area (TPSA) is 195 Å². The number of methoxy groups -OCH3 is 1. The van der Waals surface area contributed by atoms with Crippen LogP contribution >= 0.6 is 0 Å². The maximum atomic E-state index is 15.2. The summed E-state index contributed by atoms with van der Waals surface area (Å²) >= 11 is 0. The predicted octanol–water partition coefficient (Wildman–Crippen LogP) is 4.61. The van der Waals surface area contributed by atoms with Gasteiger partial charge in [0, 0.05) is 55.1 Å². The standard InChI is InChI=1S/C45H60N6O10S/c1-4-30-26-45(30,43(54)49-62(56,57)33-15-16-33)48-41(52)36-23-32-27-51(36)42(53)40(28-12-8-6-9-13-28)47-44(55)50-19-17-31(18-20-50)60-21-11-7-10-14-29-22-34-35(24-37(29)58-3)46-39(59-5-2)25-38(34)61-32/h4,10,14,22,24-25,28,30-33,36,40H,1,5-9,11-13,15-21,23,26-27H2,2-3H3,(H,47,55)(H,48,52)(H,49,54)/t30-,32-,36+,40+,45-/m1/s1. The Hall–Kier alpha value is -4.90. The highest BCUT2D eigenvalue weighted by molar-refractivity contribution is 7.91.